The van der Waals surface area contributed by atoms with Crippen molar-refractivity contribution in [2.45, 2.75) is 57.6 Å². The molecule has 2 unspecified atom stereocenters. The lowest BCUT2D eigenvalue weighted by atomic mass is 9.91. The predicted molar refractivity (Wildman–Crippen MR) is 78.0 cm³/mol. The molecule has 0 aromatic rings. The number of rotatable bonds is 8. The van der Waals surface area contributed by atoms with Gasteiger partial charge in [-0.2, -0.15) is 5.26 Å². The van der Waals surface area contributed by atoms with Crippen LogP contribution in [0.4, 0.5) is 0 Å². The summed E-state index contributed by atoms with van der Waals surface area (Å²) >= 11 is 0. The molecule has 0 spiro atoms. The van der Waals surface area contributed by atoms with Gasteiger partial charge < -0.3 is 9.64 Å². The Morgan fingerprint density at radius 3 is 2.84 bits per heavy atom. The van der Waals surface area contributed by atoms with Crippen LogP contribution >= 0.6 is 0 Å². The fourth-order valence-corrected chi connectivity index (χ4v) is 2.92. The lowest BCUT2D eigenvalue weighted by molar-refractivity contribution is 0.0304. The third-order valence-corrected chi connectivity index (χ3v) is 4.21. The second kappa shape index (κ2) is 8.52. The number of ether oxygens (including phenoxy) is 1. The summed E-state index contributed by atoms with van der Waals surface area (Å²) in [5, 5.41) is 12.7. The third kappa shape index (κ3) is 5.10. The number of nitrogens with zero attached hydrogens (tertiary/aromatic N) is 2. The molecule has 0 aliphatic carbocycles. The minimum atomic E-state index is -0.328. The predicted octanol–water partition coefficient (Wildman–Crippen LogP) is 2.16. The van der Waals surface area contributed by atoms with Crippen molar-refractivity contribution in [1.82, 2.24) is 10.2 Å². The van der Waals surface area contributed by atoms with E-state index in [0.717, 1.165) is 38.9 Å². The second-order valence-electron chi connectivity index (χ2n) is 5.48. The van der Waals surface area contributed by atoms with Gasteiger partial charge in [0.25, 0.3) is 0 Å². The second-order valence-corrected chi connectivity index (χ2v) is 5.48. The van der Waals surface area contributed by atoms with E-state index in [4.69, 9.17) is 4.74 Å². The highest BCUT2D eigenvalue weighted by Crippen LogP contribution is 2.18. The molecule has 0 aromatic heterocycles. The van der Waals surface area contributed by atoms with Crippen molar-refractivity contribution >= 4 is 0 Å². The number of hydrogen-bond donors (Lipinski definition) is 1. The number of hydrogen-bond acceptors (Lipinski definition) is 4. The first-order chi connectivity index (χ1) is 9.19. The fraction of sp³-hybridized carbons (Fsp3) is 0.933. The van der Waals surface area contributed by atoms with Gasteiger partial charge in [0.2, 0.25) is 0 Å². The van der Waals surface area contributed by atoms with E-state index in [1.165, 1.54) is 19.4 Å². The van der Waals surface area contributed by atoms with Crippen molar-refractivity contribution in [1.29, 1.82) is 5.26 Å². The highest BCUT2D eigenvalue weighted by molar-refractivity contribution is 5.06. The number of nitriles is 1. The molecule has 0 aromatic carbocycles. The van der Waals surface area contributed by atoms with Crippen molar-refractivity contribution < 1.29 is 4.74 Å². The van der Waals surface area contributed by atoms with E-state index in [9.17, 15) is 5.26 Å². The van der Waals surface area contributed by atoms with Crippen LogP contribution in [0.25, 0.3) is 0 Å². The summed E-state index contributed by atoms with van der Waals surface area (Å²) in [6.45, 7) is 8.31. The number of likely N-dealkylation sites (tertiary alicyclic amines) is 1. The molecule has 110 valence electrons. The molecular weight excluding hydrogens is 238 g/mol. The van der Waals surface area contributed by atoms with Crippen LogP contribution in [0.5, 0.6) is 0 Å². The van der Waals surface area contributed by atoms with Gasteiger partial charge in [-0.15, -0.1) is 0 Å². The molecule has 0 saturated carbocycles. The summed E-state index contributed by atoms with van der Waals surface area (Å²) in [6.07, 6.45) is 5.68. The van der Waals surface area contributed by atoms with Crippen LogP contribution in [0.3, 0.4) is 0 Å². The molecule has 19 heavy (non-hydrogen) atoms. The average molecular weight is 267 g/mol. The van der Waals surface area contributed by atoms with Crippen LogP contribution in [0.2, 0.25) is 0 Å². The summed E-state index contributed by atoms with van der Waals surface area (Å²) in [5.74, 6) is 0. The van der Waals surface area contributed by atoms with Gasteiger partial charge in [0.15, 0.2) is 0 Å². The third-order valence-electron chi connectivity index (χ3n) is 4.21. The van der Waals surface area contributed by atoms with Crippen LogP contribution in [0, 0.1) is 11.3 Å². The Kier molecular flexibility index (Phi) is 7.37. The van der Waals surface area contributed by atoms with Crippen molar-refractivity contribution in [3.63, 3.8) is 0 Å². The van der Waals surface area contributed by atoms with Gasteiger partial charge in [-0.3, -0.25) is 5.32 Å². The topological polar surface area (TPSA) is 48.3 Å². The largest absolute Gasteiger partial charge is 0.380 e. The number of methoxy groups -OCH3 is 1. The molecule has 1 N–H and O–H groups in total. The molecule has 4 nitrogen and oxygen atoms in total. The van der Waals surface area contributed by atoms with E-state index in [-0.39, 0.29) is 5.54 Å². The molecule has 1 aliphatic heterocycles. The minimum absolute atomic E-state index is 0.328. The van der Waals surface area contributed by atoms with Crippen LogP contribution in [-0.4, -0.2) is 49.8 Å². The van der Waals surface area contributed by atoms with Crippen LogP contribution in [0.15, 0.2) is 0 Å². The van der Waals surface area contributed by atoms with Gasteiger partial charge in [0, 0.05) is 13.7 Å². The van der Waals surface area contributed by atoms with E-state index >= 15 is 0 Å². The van der Waals surface area contributed by atoms with Gasteiger partial charge in [-0.25, -0.2) is 0 Å². The first-order valence-corrected chi connectivity index (χ1v) is 7.61. The van der Waals surface area contributed by atoms with E-state index in [0.29, 0.717) is 6.10 Å². The lowest BCUT2D eigenvalue weighted by Crippen LogP contribution is -2.44. The van der Waals surface area contributed by atoms with Gasteiger partial charge >= 0.3 is 0 Å². The SMILES string of the molecule is CCNC(C#N)(CC)CCCN1CCCC(OC)C1. The van der Waals surface area contributed by atoms with E-state index in [1.807, 2.05) is 0 Å². The smallest absolute Gasteiger partial charge is 0.106 e. The fourth-order valence-electron chi connectivity index (χ4n) is 2.92. The van der Waals surface area contributed by atoms with Gasteiger partial charge in [0.05, 0.1) is 12.2 Å². The first kappa shape index (κ1) is 16.4. The highest BCUT2D eigenvalue weighted by Gasteiger charge is 2.27. The zero-order valence-electron chi connectivity index (χ0n) is 12.7. The molecule has 0 bridgehead atoms. The lowest BCUT2D eigenvalue weighted by Gasteiger charge is -2.33. The Labute approximate surface area is 118 Å². The molecular formula is C15H29N3O. The van der Waals surface area contributed by atoms with Crippen LogP contribution in [0.1, 0.15) is 46.0 Å². The van der Waals surface area contributed by atoms with Crippen molar-refractivity contribution in [3.8, 4) is 6.07 Å². The summed E-state index contributed by atoms with van der Waals surface area (Å²) < 4.78 is 5.44. The summed E-state index contributed by atoms with van der Waals surface area (Å²) in [5.41, 5.74) is -0.328. The average Bonchev–Trinajstić information content (AvgIpc) is 2.46. The van der Waals surface area contributed by atoms with Crippen molar-refractivity contribution in [3.05, 3.63) is 0 Å². The van der Waals surface area contributed by atoms with E-state index in [1.54, 1.807) is 7.11 Å². The van der Waals surface area contributed by atoms with E-state index in [2.05, 4.69) is 30.1 Å². The normalized spacial score (nSPS) is 23.8. The van der Waals surface area contributed by atoms with Gasteiger partial charge in [-0.1, -0.05) is 13.8 Å². The molecule has 2 atom stereocenters. The molecule has 1 aliphatic rings. The summed E-state index contributed by atoms with van der Waals surface area (Å²) in [7, 11) is 1.80. The van der Waals surface area contributed by atoms with Crippen LogP contribution in [-0.2, 0) is 4.74 Å². The standard InChI is InChI=1S/C15H29N3O/c1-4-15(13-16,17-5-2)9-7-11-18-10-6-8-14(12-18)19-3/h14,17H,4-12H2,1-3H3. The number of piperidine rings is 1. The van der Waals surface area contributed by atoms with Crippen molar-refractivity contribution in [2.24, 2.45) is 0 Å². The molecule has 0 radical (unpaired) electrons. The highest BCUT2D eigenvalue weighted by atomic mass is 16.5. The number of nitrogens with one attached hydrogen (secondary N) is 1. The minimum Gasteiger partial charge on any atom is -0.380 e. The Balaban J connectivity index is 2.33. The summed E-state index contributed by atoms with van der Waals surface area (Å²) in [6, 6.07) is 2.47. The summed E-state index contributed by atoms with van der Waals surface area (Å²) in [4.78, 5) is 2.47. The Bertz CT molecular complexity index is 290. The molecule has 1 saturated heterocycles. The molecule has 4 heteroatoms. The zero-order chi connectivity index (χ0) is 14.1. The molecule has 0 amide bonds. The zero-order valence-corrected chi connectivity index (χ0v) is 12.7. The first-order valence-electron chi connectivity index (χ1n) is 7.61. The van der Waals surface area contributed by atoms with Crippen molar-refractivity contribution in [2.75, 3.05) is 33.3 Å². The molecule has 1 fully saturated rings. The Hall–Kier alpha value is -0.630. The Morgan fingerprint density at radius 1 is 1.47 bits per heavy atom. The van der Waals surface area contributed by atoms with E-state index < -0.39 is 0 Å². The maximum atomic E-state index is 9.38. The van der Waals surface area contributed by atoms with Crippen LogP contribution < -0.4 is 5.32 Å². The monoisotopic (exact) mass is 267 g/mol. The Morgan fingerprint density at radius 2 is 2.26 bits per heavy atom. The quantitative estimate of drug-likeness (QED) is 0.732. The van der Waals surface area contributed by atoms with Gasteiger partial charge in [0.1, 0.15) is 5.54 Å². The maximum Gasteiger partial charge on any atom is 0.106 e. The van der Waals surface area contributed by atoms with Gasteiger partial charge in [-0.05, 0) is 51.7 Å². The maximum absolute atomic E-state index is 9.38. The molecule has 1 rings (SSSR count). The molecule has 1 heterocycles.